The smallest absolute Gasteiger partial charge is 0.323 e. The molecule has 2 amide bonds. The van der Waals surface area contributed by atoms with E-state index in [2.05, 4.69) is 53.7 Å². The summed E-state index contributed by atoms with van der Waals surface area (Å²) in [5, 5.41) is 13.1. The van der Waals surface area contributed by atoms with Crippen LogP contribution in [-0.2, 0) is 5.41 Å². The van der Waals surface area contributed by atoms with Crippen molar-refractivity contribution < 1.29 is 9.21 Å². The number of aromatic amines is 1. The maximum atomic E-state index is 12.6. The van der Waals surface area contributed by atoms with Crippen LogP contribution in [0.1, 0.15) is 37.5 Å². The average Bonchev–Trinajstić information content (AvgIpc) is 3.48. The van der Waals surface area contributed by atoms with Gasteiger partial charge in [0.2, 0.25) is 5.89 Å². The van der Waals surface area contributed by atoms with E-state index in [1.54, 1.807) is 6.20 Å². The number of rotatable bonds is 4. The largest absolute Gasteiger partial charge is 0.436 e. The maximum Gasteiger partial charge on any atom is 0.323 e. The Balaban J connectivity index is 1.35. The SMILES string of the molecule is Cc1cccc(C)c1NC(=O)Nc1ccc(-c2[nH]ncc2-c2nc3cc(C(C)(C)C)ccc3o2)cc1. The second-order valence-corrected chi connectivity index (χ2v) is 10.0. The van der Waals surface area contributed by atoms with Crippen LogP contribution in [0.15, 0.2) is 71.3 Å². The summed E-state index contributed by atoms with van der Waals surface area (Å²) in [7, 11) is 0. The first-order chi connectivity index (χ1) is 17.2. The third kappa shape index (κ3) is 4.60. The Morgan fingerprint density at radius 2 is 1.67 bits per heavy atom. The number of fused-ring (bicyclic) bond motifs is 1. The van der Waals surface area contributed by atoms with Gasteiger partial charge in [-0.15, -0.1) is 0 Å². The molecule has 3 aromatic carbocycles. The van der Waals surface area contributed by atoms with E-state index in [-0.39, 0.29) is 11.4 Å². The third-order valence-electron chi connectivity index (χ3n) is 6.27. The van der Waals surface area contributed by atoms with Crippen LogP contribution in [0, 0.1) is 13.8 Å². The first kappa shape index (κ1) is 23.4. The van der Waals surface area contributed by atoms with Gasteiger partial charge in [0.25, 0.3) is 0 Å². The number of para-hydroxylation sites is 1. The van der Waals surface area contributed by atoms with Crippen molar-refractivity contribution in [3.05, 3.63) is 83.6 Å². The van der Waals surface area contributed by atoms with Crippen LogP contribution in [0.5, 0.6) is 0 Å². The first-order valence-corrected chi connectivity index (χ1v) is 11.9. The highest BCUT2D eigenvalue weighted by atomic mass is 16.3. The minimum Gasteiger partial charge on any atom is -0.436 e. The van der Waals surface area contributed by atoms with Crippen LogP contribution in [-0.4, -0.2) is 21.2 Å². The standard InChI is InChI=1S/C29H29N5O2/c1-17-7-6-8-18(2)25(17)33-28(35)31-21-12-9-19(10-13-21)26-22(16-30-34-26)27-32-23-15-20(29(3,4)5)11-14-24(23)36-27/h6-16H,1-5H3,(H,30,34)(H2,31,33,35). The topological polar surface area (TPSA) is 95.8 Å². The summed E-state index contributed by atoms with van der Waals surface area (Å²) < 4.78 is 6.06. The molecule has 2 aromatic heterocycles. The zero-order chi connectivity index (χ0) is 25.4. The van der Waals surface area contributed by atoms with Crippen molar-refractivity contribution in [3.8, 4) is 22.7 Å². The molecule has 0 saturated heterocycles. The number of H-pyrrole nitrogens is 1. The number of nitrogens with one attached hydrogen (secondary N) is 3. The number of oxazole rings is 1. The van der Waals surface area contributed by atoms with Crippen LogP contribution >= 0.6 is 0 Å². The summed E-state index contributed by atoms with van der Waals surface area (Å²) in [5.41, 5.74) is 8.79. The zero-order valence-electron chi connectivity index (χ0n) is 21.1. The lowest BCUT2D eigenvalue weighted by Gasteiger charge is -2.18. The molecular weight excluding hydrogens is 450 g/mol. The molecule has 0 aliphatic rings. The number of carbonyl (C=O) groups is 1. The Bertz CT molecular complexity index is 1530. The molecule has 3 N–H and O–H groups in total. The Morgan fingerprint density at radius 1 is 0.944 bits per heavy atom. The molecular formula is C29H29N5O2. The van der Waals surface area contributed by atoms with E-state index in [1.165, 1.54) is 5.56 Å². The molecule has 0 bridgehead atoms. The second kappa shape index (κ2) is 9.00. The minimum absolute atomic E-state index is 0.0273. The van der Waals surface area contributed by atoms with Crippen molar-refractivity contribution >= 4 is 28.5 Å². The van der Waals surface area contributed by atoms with Crippen LogP contribution in [0.3, 0.4) is 0 Å². The summed E-state index contributed by atoms with van der Waals surface area (Å²) in [6.07, 6.45) is 1.72. The summed E-state index contributed by atoms with van der Waals surface area (Å²) in [6.45, 7) is 10.5. The van der Waals surface area contributed by atoms with Gasteiger partial charge in [0.05, 0.1) is 17.5 Å². The van der Waals surface area contributed by atoms with E-state index in [0.29, 0.717) is 11.6 Å². The molecule has 0 atom stereocenters. The first-order valence-electron chi connectivity index (χ1n) is 11.9. The fraction of sp³-hybridized carbons (Fsp3) is 0.207. The highest BCUT2D eigenvalue weighted by Gasteiger charge is 2.19. The van der Waals surface area contributed by atoms with Gasteiger partial charge in [-0.1, -0.05) is 57.2 Å². The number of urea groups is 1. The molecule has 7 nitrogen and oxygen atoms in total. The third-order valence-corrected chi connectivity index (χ3v) is 6.27. The number of hydrogen-bond donors (Lipinski definition) is 3. The molecule has 7 heteroatoms. The Kier molecular flexibility index (Phi) is 5.84. The van der Waals surface area contributed by atoms with Crippen molar-refractivity contribution in [2.75, 3.05) is 10.6 Å². The van der Waals surface area contributed by atoms with Gasteiger partial charge in [0.15, 0.2) is 5.58 Å². The van der Waals surface area contributed by atoms with E-state index in [4.69, 9.17) is 9.40 Å². The predicted molar refractivity (Wildman–Crippen MR) is 144 cm³/mol. The van der Waals surface area contributed by atoms with Crippen molar-refractivity contribution in [1.29, 1.82) is 0 Å². The van der Waals surface area contributed by atoms with Gasteiger partial charge in [0, 0.05) is 16.9 Å². The Labute approximate surface area is 210 Å². The molecule has 0 aliphatic heterocycles. The molecule has 0 fully saturated rings. The molecule has 2 heterocycles. The number of amides is 2. The van der Waals surface area contributed by atoms with Gasteiger partial charge >= 0.3 is 6.03 Å². The van der Waals surface area contributed by atoms with Crippen molar-refractivity contribution in [2.24, 2.45) is 0 Å². The van der Waals surface area contributed by atoms with Crippen molar-refractivity contribution in [2.45, 2.75) is 40.0 Å². The molecule has 5 rings (SSSR count). The fourth-order valence-corrected chi connectivity index (χ4v) is 4.19. The average molecular weight is 480 g/mol. The highest BCUT2D eigenvalue weighted by molar-refractivity contribution is 6.00. The molecule has 182 valence electrons. The lowest BCUT2D eigenvalue weighted by Crippen LogP contribution is -2.20. The summed E-state index contributed by atoms with van der Waals surface area (Å²) in [4.78, 5) is 17.3. The van der Waals surface area contributed by atoms with E-state index < -0.39 is 0 Å². The molecule has 0 unspecified atom stereocenters. The number of anilines is 2. The van der Waals surface area contributed by atoms with Crippen molar-refractivity contribution in [3.63, 3.8) is 0 Å². The van der Waals surface area contributed by atoms with Gasteiger partial charge in [-0.05, 0) is 60.2 Å². The maximum absolute atomic E-state index is 12.6. The van der Waals surface area contributed by atoms with Crippen LogP contribution in [0.4, 0.5) is 16.2 Å². The summed E-state index contributed by atoms with van der Waals surface area (Å²) in [5.74, 6) is 0.509. The minimum atomic E-state index is -0.288. The highest BCUT2D eigenvalue weighted by Crippen LogP contribution is 2.34. The van der Waals surface area contributed by atoms with Gasteiger partial charge in [0.1, 0.15) is 5.52 Å². The molecule has 36 heavy (non-hydrogen) atoms. The number of carbonyl (C=O) groups excluding carboxylic acids is 1. The van der Waals surface area contributed by atoms with E-state index in [1.807, 2.05) is 62.4 Å². The van der Waals surface area contributed by atoms with Crippen molar-refractivity contribution in [1.82, 2.24) is 15.2 Å². The number of benzene rings is 3. The van der Waals surface area contributed by atoms with Gasteiger partial charge in [-0.3, -0.25) is 5.10 Å². The van der Waals surface area contributed by atoms with E-state index >= 15 is 0 Å². The Hall–Kier alpha value is -4.39. The quantitative estimate of drug-likeness (QED) is 0.249. The van der Waals surface area contributed by atoms with Gasteiger partial charge < -0.3 is 15.1 Å². The molecule has 0 radical (unpaired) electrons. The predicted octanol–water partition coefficient (Wildman–Crippen LogP) is 7.44. The number of hydrogen-bond acceptors (Lipinski definition) is 4. The second-order valence-electron chi connectivity index (χ2n) is 10.0. The summed E-state index contributed by atoms with van der Waals surface area (Å²) in [6, 6.07) is 19.3. The van der Waals surface area contributed by atoms with Crippen LogP contribution in [0.2, 0.25) is 0 Å². The number of aryl methyl sites for hydroxylation is 2. The monoisotopic (exact) mass is 479 g/mol. The number of nitrogens with zero attached hydrogens (tertiary/aromatic N) is 2. The lowest BCUT2D eigenvalue weighted by atomic mass is 9.87. The zero-order valence-corrected chi connectivity index (χ0v) is 21.1. The Morgan fingerprint density at radius 3 is 2.36 bits per heavy atom. The van der Waals surface area contributed by atoms with E-state index in [9.17, 15) is 4.79 Å². The summed E-state index contributed by atoms with van der Waals surface area (Å²) >= 11 is 0. The normalized spacial score (nSPS) is 11.6. The van der Waals surface area contributed by atoms with Gasteiger partial charge in [-0.2, -0.15) is 5.10 Å². The number of aromatic nitrogens is 3. The molecule has 0 saturated carbocycles. The molecule has 0 spiro atoms. The fourth-order valence-electron chi connectivity index (χ4n) is 4.19. The van der Waals surface area contributed by atoms with Gasteiger partial charge in [-0.25, -0.2) is 9.78 Å². The molecule has 5 aromatic rings. The van der Waals surface area contributed by atoms with Crippen LogP contribution in [0.25, 0.3) is 33.8 Å². The van der Waals surface area contributed by atoms with Crippen LogP contribution < -0.4 is 10.6 Å². The lowest BCUT2D eigenvalue weighted by molar-refractivity contribution is 0.262. The van der Waals surface area contributed by atoms with E-state index in [0.717, 1.165) is 44.7 Å². The molecule has 0 aliphatic carbocycles.